The lowest BCUT2D eigenvalue weighted by Gasteiger charge is -2.31. The average Bonchev–Trinajstić information content (AvgIpc) is 2.05. The second-order valence-electron chi connectivity index (χ2n) is 2.64. The van der Waals surface area contributed by atoms with Crippen molar-refractivity contribution in [1.82, 2.24) is 0 Å². The molecule has 66 valence electrons. The van der Waals surface area contributed by atoms with Gasteiger partial charge in [0.1, 0.15) is 12.8 Å². The molecule has 3 atom stereocenters. The summed E-state index contributed by atoms with van der Waals surface area (Å²) >= 11 is 0. The van der Waals surface area contributed by atoms with Gasteiger partial charge >= 0.3 is 0 Å². The van der Waals surface area contributed by atoms with Crippen LogP contribution in [0.2, 0.25) is 0 Å². The standard InChI is InChI=1S/C7H13FO3/c1-10-7-3-2-5(9)6(4-8)11-7/h5-7,9H,2-4H2,1H3. The zero-order chi connectivity index (χ0) is 8.27. The maximum atomic E-state index is 12.1. The molecule has 0 saturated carbocycles. The summed E-state index contributed by atoms with van der Waals surface area (Å²) in [6.07, 6.45) is -0.541. The zero-order valence-corrected chi connectivity index (χ0v) is 6.50. The molecule has 1 heterocycles. The first-order valence-corrected chi connectivity index (χ1v) is 3.70. The van der Waals surface area contributed by atoms with Gasteiger partial charge in [0, 0.05) is 13.5 Å². The SMILES string of the molecule is COC1CCC(O)C(CF)O1. The molecular formula is C7H13FO3. The molecule has 1 rings (SSSR count). The highest BCUT2D eigenvalue weighted by atomic mass is 19.1. The Morgan fingerprint density at radius 3 is 2.91 bits per heavy atom. The van der Waals surface area contributed by atoms with Gasteiger partial charge in [-0.15, -0.1) is 0 Å². The van der Waals surface area contributed by atoms with Gasteiger partial charge in [0.15, 0.2) is 6.29 Å². The Kier molecular flexibility index (Phi) is 3.23. The van der Waals surface area contributed by atoms with Crippen LogP contribution in [0.3, 0.4) is 0 Å². The Hall–Kier alpha value is -0.190. The van der Waals surface area contributed by atoms with Gasteiger partial charge in [-0.2, -0.15) is 0 Å². The fourth-order valence-electron chi connectivity index (χ4n) is 1.16. The van der Waals surface area contributed by atoms with Crippen molar-refractivity contribution in [3.05, 3.63) is 0 Å². The van der Waals surface area contributed by atoms with Crippen LogP contribution in [-0.2, 0) is 9.47 Å². The van der Waals surface area contributed by atoms with Gasteiger partial charge in [-0.1, -0.05) is 0 Å². The van der Waals surface area contributed by atoms with Gasteiger partial charge in [-0.25, -0.2) is 4.39 Å². The van der Waals surface area contributed by atoms with Crippen molar-refractivity contribution in [2.24, 2.45) is 0 Å². The summed E-state index contributed by atoms with van der Waals surface area (Å²) in [5, 5.41) is 9.16. The molecule has 1 fully saturated rings. The van der Waals surface area contributed by atoms with E-state index in [4.69, 9.17) is 14.6 Å². The van der Waals surface area contributed by atoms with E-state index in [2.05, 4.69) is 0 Å². The fraction of sp³-hybridized carbons (Fsp3) is 1.00. The number of methoxy groups -OCH3 is 1. The predicted octanol–water partition coefficient (Wildman–Crippen LogP) is 0.468. The third-order valence-corrected chi connectivity index (χ3v) is 1.87. The Morgan fingerprint density at radius 2 is 2.36 bits per heavy atom. The number of aliphatic hydroxyl groups is 1. The number of alkyl halides is 1. The van der Waals surface area contributed by atoms with Gasteiger partial charge in [0.25, 0.3) is 0 Å². The zero-order valence-electron chi connectivity index (χ0n) is 6.50. The molecule has 3 nitrogen and oxygen atoms in total. The first-order valence-electron chi connectivity index (χ1n) is 3.70. The second-order valence-corrected chi connectivity index (χ2v) is 2.64. The Balaban J connectivity index is 2.37. The molecule has 0 spiro atoms. The van der Waals surface area contributed by atoms with Crippen LogP contribution in [0.25, 0.3) is 0 Å². The van der Waals surface area contributed by atoms with E-state index in [1.54, 1.807) is 0 Å². The monoisotopic (exact) mass is 164 g/mol. The van der Waals surface area contributed by atoms with E-state index in [0.29, 0.717) is 12.8 Å². The van der Waals surface area contributed by atoms with Crippen molar-refractivity contribution in [1.29, 1.82) is 0 Å². The number of rotatable bonds is 2. The molecule has 1 saturated heterocycles. The van der Waals surface area contributed by atoms with Crippen LogP contribution in [0, 0.1) is 0 Å². The molecule has 0 aromatic carbocycles. The predicted molar refractivity (Wildman–Crippen MR) is 36.9 cm³/mol. The molecule has 0 radical (unpaired) electrons. The van der Waals surface area contributed by atoms with E-state index in [1.807, 2.05) is 0 Å². The summed E-state index contributed by atoms with van der Waals surface area (Å²) in [6, 6.07) is 0. The summed E-state index contributed by atoms with van der Waals surface area (Å²) in [5.74, 6) is 0. The van der Waals surface area contributed by atoms with Crippen molar-refractivity contribution < 1.29 is 19.0 Å². The Labute approximate surface area is 65.1 Å². The summed E-state index contributed by atoms with van der Waals surface area (Å²) in [6.45, 7) is -0.652. The van der Waals surface area contributed by atoms with Crippen molar-refractivity contribution >= 4 is 0 Å². The van der Waals surface area contributed by atoms with Crippen LogP contribution in [0.15, 0.2) is 0 Å². The molecule has 3 unspecified atom stereocenters. The normalized spacial score (nSPS) is 39.0. The molecule has 0 bridgehead atoms. The molecule has 0 aliphatic carbocycles. The smallest absolute Gasteiger partial charge is 0.157 e. The summed E-state index contributed by atoms with van der Waals surface area (Å²) in [5.41, 5.74) is 0. The number of aliphatic hydroxyl groups excluding tert-OH is 1. The molecular weight excluding hydrogens is 151 g/mol. The van der Waals surface area contributed by atoms with E-state index in [0.717, 1.165) is 0 Å². The molecule has 1 aliphatic heterocycles. The van der Waals surface area contributed by atoms with Crippen LogP contribution >= 0.6 is 0 Å². The van der Waals surface area contributed by atoms with Gasteiger partial charge in [-0.3, -0.25) is 0 Å². The van der Waals surface area contributed by atoms with Crippen LogP contribution in [-0.4, -0.2) is 37.4 Å². The van der Waals surface area contributed by atoms with Crippen molar-refractivity contribution in [2.75, 3.05) is 13.8 Å². The van der Waals surface area contributed by atoms with Crippen molar-refractivity contribution in [2.45, 2.75) is 31.3 Å². The van der Waals surface area contributed by atoms with Crippen LogP contribution in [0.1, 0.15) is 12.8 Å². The first-order chi connectivity index (χ1) is 5.27. The molecule has 1 N–H and O–H groups in total. The van der Waals surface area contributed by atoms with E-state index in [-0.39, 0.29) is 6.29 Å². The van der Waals surface area contributed by atoms with Gasteiger partial charge in [0.05, 0.1) is 6.10 Å². The molecule has 1 aliphatic rings. The van der Waals surface area contributed by atoms with Crippen LogP contribution in [0.4, 0.5) is 4.39 Å². The minimum absolute atomic E-state index is 0.348. The third kappa shape index (κ3) is 2.12. The highest BCUT2D eigenvalue weighted by Gasteiger charge is 2.29. The van der Waals surface area contributed by atoms with Crippen LogP contribution < -0.4 is 0 Å². The second kappa shape index (κ2) is 3.99. The lowest BCUT2D eigenvalue weighted by Crippen LogP contribution is -2.40. The maximum Gasteiger partial charge on any atom is 0.157 e. The number of halogens is 1. The minimum Gasteiger partial charge on any atom is -0.390 e. The van der Waals surface area contributed by atoms with Crippen molar-refractivity contribution in [3.8, 4) is 0 Å². The summed E-state index contributed by atoms with van der Waals surface area (Å²) in [4.78, 5) is 0. The molecule has 11 heavy (non-hydrogen) atoms. The topological polar surface area (TPSA) is 38.7 Å². The van der Waals surface area contributed by atoms with Crippen LogP contribution in [0.5, 0.6) is 0 Å². The molecule has 4 heteroatoms. The lowest BCUT2D eigenvalue weighted by atomic mass is 10.1. The third-order valence-electron chi connectivity index (χ3n) is 1.87. The average molecular weight is 164 g/mol. The summed E-state index contributed by atoms with van der Waals surface area (Å²) in [7, 11) is 1.51. The highest BCUT2D eigenvalue weighted by Crippen LogP contribution is 2.20. The largest absolute Gasteiger partial charge is 0.390 e. The van der Waals surface area contributed by atoms with E-state index >= 15 is 0 Å². The Bertz CT molecular complexity index is 120. The van der Waals surface area contributed by atoms with E-state index < -0.39 is 18.9 Å². The molecule has 0 aromatic heterocycles. The Morgan fingerprint density at radius 1 is 1.64 bits per heavy atom. The quantitative estimate of drug-likeness (QED) is 0.644. The first kappa shape index (κ1) is 8.90. The van der Waals surface area contributed by atoms with Gasteiger partial charge < -0.3 is 14.6 Å². The lowest BCUT2D eigenvalue weighted by molar-refractivity contribution is -0.214. The highest BCUT2D eigenvalue weighted by molar-refractivity contribution is 4.74. The maximum absolute atomic E-state index is 12.1. The van der Waals surface area contributed by atoms with Gasteiger partial charge in [-0.05, 0) is 6.42 Å². The van der Waals surface area contributed by atoms with Gasteiger partial charge in [0.2, 0.25) is 0 Å². The number of ether oxygens (including phenoxy) is 2. The fourth-order valence-corrected chi connectivity index (χ4v) is 1.16. The summed E-state index contributed by atoms with van der Waals surface area (Å²) < 4.78 is 22.0. The molecule has 0 amide bonds. The van der Waals surface area contributed by atoms with E-state index in [1.165, 1.54) is 7.11 Å². The van der Waals surface area contributed by atoms with Crippen molar-refractivity contribution in [3.63, 3.8) is 0 Å². The number of hydrogen-bond donors (Lipinski definition) is 1. The number of hydrogen-bond acceptors (Lipinski definition) is 3. The minimum atomic E-state index is -0.700. The molecule has 0 aromatic rings. The van der Waals surface area contributed by atoms with E-state index in [9.17, 15) is 4.39 Å².